The second-order valence-electron chi connectivity index (χ2n) is 4.74. The summed E-state index contributed by atoms with van der Waals surface area (Å²) in [6.45, 7) is 5.43. The number of carbonyl (C=O) groups is 2. The number of amides is 3. The highest BCUT2D eigenvalue weighted by molar-refractivity contribution is 5.81. The van der Waals surface area contributed by atoms with Crippen molar-refractivity contribution in [1.82, 2.24) is 20.4 Å². The average Bonchev–Trinajstić information content (AvgIpc) is 2.43. The fourth-order valence-electron chi connectivity index (χ4n) is 1.76. The maximum atomic E-state index is 12.0. The summed E-state index contributed by atoms with van der Waals surface area (Å²) in [7, 11) is 3.38. The Morgan fingerprint density at radius 2 is 1.89 bits per heavy atom. The van der Waals surface area contributed by atoms with Gasteiger partial charge in [-0.3, -0.25) is 4.79 Å². The molecule has 0 aromatic rings. The van der Waals surface area contributed by atoms with Crippen LogP contribution in [0.1, 0.15) is 6.92 Å². The molecule has 1 aliphatic rings. The van der Waals surface area contributed by atoms with Crippen LogP contribution in [0, 0.1) is 0 Å². The smallest absolute Gasteiger partial charge is 0.316 e. The molecular formula is C12H24N4O3. The first-order valence-electron chi connectivity index (χ1n) is 6.57. The Balaban J connectivity index is 2.17. The molecule has 3 amide bonds. The minimum Gasteiger partial charge on any atom is -0.378 e. The number of nitrogens with zero attached hydrogens (tertiary/aromatic N) is 2. The van der Waals surface area contributed by atoms with E-state index in [1.807, 2.05) is 6.92 Å². The lowest BCUT2D eigenvalue weighted by Gasteiger charge is -2.29. The molecule has 19 heavy (non-hydrogen) atoms. The Hall–Kier alpha value is -1.34. The number of carbonyl (C=O) groups excluding carboxylic acids is 2. The summed E-state index contributed by atoms with van der Waals surface area (Å²) < 4.78 is 5.21. The van der Waals surface area contributed by atoms with E-state index in [0.29, 0.717) is 39.4 Å². The van der Waals surface area contributed by atoms with Gasteiger partial charge in [0.05, 0.1) is 19.3 Å². The van der Waals surface area contributed by atoms with E-state index in [-0.39, 0.29) is 18.0 Å². The summed E-state index contributed by atoms with van der Waals surface area (Å²) in [4.78, 5) is 26.6. The normalized spacial score (nSPS) is 16.9. The zero-order chi connectivity index (χ0) is 14.3. The summed E-state index contributed by atoms with van der Waals surface area (Å²) in [6.07, 6.45) is 0. The van der Waals surface area contributed by atoms with E-state index in [9.17, 15) is 9.59 Å². The average molecular weight is 272 g/mol. The molecular weight excluding hydrogens is 248 g/mol. The van der Waals surface area contributed by atoms with Crippen molar-refractivity contribution in [3.63, 3.8) is 0 Å². The maximum Gasteiger partial charge on any atom is 0.316 e. The number of morpholine rings is 1. The molecule has 7 nitrogen and oxygen atoms in total. The largest absolute Gasteiger partial charge is 0.378 e. The standard InChI is InChI=1S/C12H24N4O3/c1-10(11(17)16-6-8-19-9-7-16)13-4-5-14-12(18)15(2)3/h10,13H,4-9H2,1-3H3,(H,14,18). The monoisotopic (exact) mass is 272 g/mol. The molecule has 0 saturated carbocycles. The van der Waals surface area contributed by atoms with Gasteiger partial charge in [-0.1, -0.05) is 0 Å². The van der Waals surface area contributed by atoms with E-state index >= 15 is 0 Å². The summed E-state index contributed by atoms with van der Waals surface area (Å²) in [5, 5.41) is 5.84. The van der Waals surface area contributed by atoms with Gasteiger partial charge in [-0.05, 0) is 6.92 Å². The molecule has 0 aromatic heterocycles. The molecule has 0 bridgehead atoms. The van der Waals surface area contributed by atoms with Crippen LogP contribution in [0.15, 0.2) is 0 Å². The molecule has 1 saturated heterocycles. The molecule has 2 N–H and O–H groups in total. The minimum atomic E-state index is -0.241. The quantitative estimate of drug-likeness (QED) is 0.636. The molecule has 1 aliphatic heterocycles. The van der Waals surface area contributed by atoms with E-state index in [4.69, 9.17) is 4.74 Å². The van der Waals surface area contributed by atoms with Crippen LogP contribution in [-0.4, -0.2) is 81.3 Å². The topological polar surface area (TPSA) is 73.9 Å². The first kappa shape index (κ1) is 15.7. The Morgan fingerprint density at radius 1 is 1.26 bits per heavy atom. The molecule has 1 fully saturated rings. The number of ether oxygens (including phenoxy) is 1. The fourth-order valence-corrected chi connectivity index (χ4v) is 1.76. The molecule has 1 atom stereocenters. The van der Waals surface area contributed by atoms with Gasteiger partial charge in [-0.2, -0.15) is 0 Å². The van der Waals surface area contributed by atoms with Gasteiger partial charge in [0.1, 0.15) is 0 Å². The highest BCUT2D eigenvalue weighted by atomic mass is 16.5. The zero-order valence-electron chi connectivity index (χ0n) is 11.9. The third kappa shape index (κ3) is 5.44. The summed E-state index contributed by atoms with van der Waals surface area (Å²) in [5.74, 6) is 0.0854. The van der Waals surface area contributed by atoms with Crippen molar-refractivity contribution in [2.24, 2.45) is 0 Å². The number of nitrogens with one attached hydrogen (secondary N) is 2. The summed E-state index contributed by atoms with van der Waals surface area (Å²) >= 11 is 0. The maximum absolute atomic E-state index is 12.0. The van der Waals surface area contributed by atoms with Gasteiger partial charge in [-0.25, -0.2) is 4.79 Å². The summed E-state index contributed by atoms with van der Waals surface area (Å²) in [6, 6.07) is -0.372. The van der Waals surface area contributed by atoms with E-state index < -0.39 is 0 Å². The molecule has 0 aromatic carbocycles. The third-order valence-electron chi connectivity index (χ3n) is 2.95. The van der Waals surface area contributed by atoms with E-state index in [1.54, 1.807) is 19.0 Å². The van der Waals surface area contributed by atoms with Gasteiger partial charge in [0, 0.05) is 40.3 Å². The Labute approximate surface area is 114 Å². The minimum absolute atomic E-state index is 0.0854. The predicted octanol–water partition coefficient (Wildman–Crippen LogP) is -0.905. The lowest BCUT2D eigenvalue weighted by Crippen LogP contribution is -2.50. The number of urea groups is 1. The molecule has 0 aliphatic carbocycles. The number of hydrogen-bond acceptors (Lipinski definition) is 4. The van der Waals surface area contributed by atoms with Crippen LogP contribution < -0.4 is 10.6 Å². The molecule has 1 rings (SSSR count). The molecule has 110 valence electrons. The van der Waals surface area contributed by atoms with Crippen molar-refractivity contribution in [2.45, 2.75) is 13.0 Å². The Bertz CT molecular complexity index is 303. The van der Waals surface area contributed by atoms with Gasteiger partial charge >= 0.3 is 6.03 Å². The fraction of sp³-hybridized carbons (Fsp3) is 0.833. The Kier molecular flexibility index (Phi) is 6.58. The second kappa shape index (κ2) is 7.96. The van der Waals surface area contributed by atoms with E-state index in [1.165, 1.54) is 4.90 Å². The lowest BCUT2D eigenvalue weighted by atomic mass is 10.2. The number of hydrogen-bond donors (Lipinski definition) is 2. The highest BCUT2D eigenvalue weighted by Gasteiger charge is 2.21. The van der Waals surface area contributed by atoms with Crippen molar-refractivity contribution in [1.29, 1.82) is 0 Å². The van der Waals surface area contributed by atoms with Crippen molar-refractivity contribution < 1.29 is 14.3 Å². The van der Waals surface area contributed by atoms with E-state index in [2.05, 4.69) is 10.6 Å². The van der Waals surface area contributed by atoms with Crippen molar-refractivity contribution >= 4 is 11.9 Å². The van der Waals surface area contributed by atoms with Crippen LogP contribution in [0.2, 0.25) is 0 Å². The predicted molar refractivity (Wildman–Crippen MR) is 71.9 cm³/mol. The van der Waals surface area contributed by atoms with Crippen LogP contribution in [0.3, 0.4) is 0 Å². The van der Waals surface area contributed by atoms with Crippen LogP contribution in [0.4, 0.5) is 4.79 Å². The van der Waals surface area contributed by atoms with Crippen molar-refractivity contribution in [3.8, 4) is 0 Å². The van der Waals surface area contributed by atoms with E-state index in [0.717, 1.165) is 0 Å². The SMILES string of the molecule is CC(NCCNC(=O)N(C)C)C(=O)N1CCOCC1. The highest BCUT2D eigenvalue weighted by Crippen LogP contribution is 2.00. The first-order chi connectivity index (χ1) is 9.02. The third-order valence-corrected chi connectivity index (χ3v) is 2.95. The van der Waals surface area contributed by atoms with Gasteiger partial charge in [0.25, 0.3) is 0 Å². The van der Waals surface area contributed by atoms with Crippen molar-refractivity contribution in [3.05, 3.63) is 0 Å². The van der Waals surface area contributed by atoms with Crippen LogP contribution >= 0.6 is 0 Å². The van der Waals surface area contributed by atoms with Crippen LogP contribution in [0.25, 0.3) is 0 Å². The first-order valence-corrected chi connectivity index (χ1v) is 6.57. The van der Waals surface area contributed by atoms with Gasteiger partial charge < -0.3 is 25.2 Å². The second-order valence-corrected chi connectivity index (χ2v) is 4.74. The molecule has 7 heteroatoms. The summed E-state index contributed by atoms with van der Waals surface area (Å²) in [5.41, 5.74) is 0. The van der Waals surface area contributed by atoms with Gasteiger partial charge in [-0.15, -0.1) is 0 Å². The van der Waals surface area contributed by atoms with Crippen molar-refractivity contribution in [2.75, 3.05) is 53.5 Å². The molecule has 1 unspecified atom stereocenters. The number of rotatable bonds is 5. The van der Waals surface area contributed by atoms with Gasteiger partial charge in [0.15, 0.2) is 0 Å². The molecule has 0 radical (unpaired) electrons. The lowest BCUT2D eigenvalue weighted by molar-refractivity contribution is -0.137. The Morgan fingerprint density at radius 3 is 2.47 bits per heavy atom. The molecule has 0 spiro atoms. The molecule has 1 heterocycles. The van der Waals surface area contributed by atoms with Gasteiger partial charge in [0.2, 0.25) is 5.91 Å². The van der Waals surface area contributed by atoms with Crippen LogP contribution in [-0.2, 0) is 9.53 Å². The van der Waals surface area contributed by atoms with Crippen LogP contribution in [0.5, 0.6) is 0 Å². The zero-order valence-corrected chi connectivity index (χ0v) is 11.9.